The molecule has 1 aliphatic rings. The van der Waals surface area contributed by atoms with Gasteiger partial charge >= 0.3 is 0 Å². The van der Waals surface area contributed by atoms with Crippen LogP contribution in [-0.4, -0.2) is 35.0 Å². The minimum absolute atomic E-state index is 0.00953. The van der Waals surface area contributed by atoms with Gasteiger partial charge in [-0.05, 0) is 45.6 Å². The molecule has 3 heterocycles. The molecule has 2 aromatic rings. The van der Waals surface area contributed by atoms with Crippen molar-refractivity contribution in [1.82, 2.24) is 9.88 Å². The first-order valence-electron chi connectivity index (χ1n) is 6.50. The predicted molar refractivity (Wildman–Crippen MR) is 86.3 cm³/mol. The van der Waals surface area contributed by atoms with E-state index in [-0.39, 0.29) is 12.0 Å². The lowest BCUT2D eigenvalue weighted by Gasteiger charge is -2.38. The monoisotopic (exact) mass is 364 g/mol. The van der Waals surface area contributed by atoms with Crippen LogP contribution in [0.1, 0.15) is 4.88 Å². The van der Waals surface area contributed by atoms with Gasteiger partial charge in [0.25, 0.3) is 0 Å². The minimum Gasteiger partial charge on any atom is -0.470 e. The van der Waals surface area contributed by atoms with Crippen molar-refractivity contribution in [1.29, 1.82) is 0 Å². The molecule has 21 heavy (non-hydrogen) atoms. The summed E-state index contributed by atoms with van der Waals surface area (Å²) in [7, 11) is 0. The van der Waals surface area contributed by atoms with Crippen molar-refractivity contribution in [2.24, 2.45) is 0 Å². The number of thiophene rings is 1. The lowest BCUT2D eigenvalue weighted by atomic mass is 10.1. The van der Waals surface area contributed by atoms with E-state index < -0.39 is 0 Å². The summed E-state index contributed by atoms with van der Waals surface area (Å²) in [6.07, 6.45) is 5.15. The van der Waals surface area contributed by atoms with Gasteiger partial charge in [0.15, 0.2) is 0 Å². The molecule has 1 saturated heterocycles. The minimum atomic E-state index is 0.00953. The Morgan fingerprint density at radius 2 is 2.29 bits per heavy atom. The van der Waals surface area contributed by atoms with Crippen LogP contribution in [0.4, 0.5) is 0 Å². The zero-order valence-electron chi connectivity index (χ0n) is 11.1. The second-order valence-electron chi connectivity index (χ2n) is 4.62. The Balaban J connectivity index is 1.49. The standard InChI is InChI=1S/C15H13BrN2O2S/c16-13-4-1-7-17-15(13)20-11-9-18(10-11)14(19)6-5-12-3-2-8-21-12/h1-8,11H,9-10H2/b6-5+. The maximum atomic E-state index is 11.9. The number of ether oxygens (including phenoxy) is 1. The smallest absolute Gasteiger partial charge is 0.246 e. The van der Waals surface area contributed by atoms with Crippen molar-refractivity contribution < 1.29 is 9.53 Å². The Morgan fingerprint density at radius 3 is 3.00 bits per heavy atom. The second-order valence-corrected chi connectivity index (χ2v) is 6.46. The Bertz CT molecular complexity index is 651. The lowest BCUT2D eigenvalue weighted by Crippen LogP contribution is -2.55. The molecule has 0 unspecified atom stereocenters. The predicted octanol–water partition coefficient (Wildman–Crippen LogP) is 3.21. The summed E-state index contributed by atoms with van der Waals surface area (Å²) < 4.78 is 6.56. The zero-order valence-corrected chi connectivity index (χ0v) is 13.5. The number of hydrogen-bond acceptors (Lipinski definition) is 4. The Labute approximate surface area is 135 Å². The summed E-state index contributed by atoms with van der Waals surface area (Å²) in [5.74, 6) is 0.590. The number of aromatic nitrogens is 1. The van der Waals surface area contributed by atoms with E-state index in [0.717, 1.165) is 9.35 Å². The van der Waals surface area contributed by atoms with Crippen molar-refractivity contribution in [2.45, 2.75) is 6.10 Å². The Morgan fingerprint density at radius 1 is 1.43 bits per heavy atom. The molecule has 108 valence electrons. The summed E-state index contributed by atoms with van der Waals surface area (Å²) in [4.78, 5) is 18.9. The largest absolute Gasteiger partial charge is 0.470 e. The highest BCUT2D eigenvalue weighted by molar-refractivity contribution is 9.10. The molecule has 3 rings (SSSR count). The first-order valence-corrected chi connectivity index (χ1v) is 8.17. The molecule has 1 aliphatic heterocycles. The van der Waals surface area contributed by atoms with Crippen LogP contribution in [0.15, 0.2) is 46.4 Å². The molecular weight excluding hydrogens is 352 g/mol. The van der Waals surface area contributed by atoms with Gasteiger partial charge in [-0.2, -0.15) is 0 Å². The number of hydrogen-bond donors (Lipinski definition) is 0. The number of likely N-dealkylation sites (tertiary alicyclic amines) is 1. The number of nitrogens with zero attached hydrogens (tertiary/aromatic N) is 2. The van der Waals surface area contributed by atoms with E-state index in [4.69, 9.17) is 4.74 Å². The first-order chi connectivity index (χ1) is 10.2. The molecule has 0 aromatic carbocycles. The summed E-state index contributed by atoms with van der Waals surface area (Å²) in [5.41, 5.74) is 0. The van der Waals surface area contributed by atoms with Crippen LogP contribution in [0.3, 0.4) is 0 Å². The fourth-order valence-corrected chi connectivity index (χ4v) is 2.92. The van der Waals surface area contributed by atoms with Gasteiger partial charge in [0, 0.05) is 17.2 Å². The van der Waals surface area contributed by atoms with Crippen molar-refractivity contribution in [3.05, 3.63) is 51.3 Å². The molecule has 0 spiro atoms. The van der Waals surface area contributed by atoms with Crippen LogP contribution >= 0.6 is 27.3 Å². The summed E-state index contributed by atoms with van der Waals surface area (Å²) in [6.45, 7) is 1.19. The number of carbonyl (C=O) groups is 1. The fourth-order valence-electron chi connectivity index (χ4n) is 1.95. The van der Waals surface area contributed by atoms with E-state index >= 15 is 0 Å². The topological polar surface area (TPSA) is 42.4 Å². The van der Waals surface area contributed by atoms with Gasteiger partial charge in [-0.15, -0.1) is 11.3 Å². The van der Waals surface area contributed by atoms with Crippen LogP contribution in [0.5, 0.6) is 5.88 Å². The quantitative estimate of drug-likeness (QED) is 0.782. The van der Waals surface area contributed by atoms with E-state index in [1.807, 2.05) is 35.7 Å². The molecule has 1 amide bonds. The van der Waals surface area contributed by atoms with Gasteiger partial charge in [0.05, 0.1) is 17.6 Å². The van der Waals surface area contributed by atoms with Crippen molar-refractivity contribution in [2.75, 3.05) is 13.1 Å². The molecule has 0 atom stereocenters. The average molecular weight is 365 g/mol. The number of carbonyl (C=O) groups excluding carboxylic acids is 1. The summed E-state index contributed by atoms with van der Waals surface area (Å²) in [6, 6.07) is 7.67. The molecule has 6 heteroatoms. The fraction of sp³-hybridized carbons (Fsp3) is 0.200. The van der Waals surface area contributed by atoms with Gasteiger partial charge in [0.1, 0.15) is 6.10 Å². The highest BCUT2D eigenvalue weighted by Crippen LogP contribution is 2.24. The average Bonchev–Trinajstić information content (AvgIpc) is 2.95. The van der Waals surface area contributed by atoms with E-state index in [0.29, 0.717) is 19.0 Å². The van der Waals surface area contributed by atoms with Crippen LogP contribution < -0.4 is 4.74 Å². The van der Waals surface area contributed by atoms with Gasteiger partial charge in [0.2, 0.25) is 11.8 Å². The molecule has 0 radical (unpaired) electrons. The van der Waals surface area contributed by atoms with E-state index in [9.17, 15) is 4.79 Å². The molecule has 0 N–H and O–H groups in total. The van der Waals surface area contributed by atoms with Crippen LogP contribution in [0.25, 0.3) is 6.08 Å². The van der Waals surface area contributed by atoms with Crippen molar-refractivity contribution >= 4 is 39.2 Å². The van der Waals surface area contributed by atoms with Crippen LogP contribution in [-0.2, 0) is 4.79 Å². The van der Waals surface area contributed by atoms with E-state index in [1.54, 1.807) is 28.5 Å². The third-order valence-electron chi connectivity index (χ3n) is 3.10. The number of pyridine rings is 1. The molecule has 0 aliphatic carbocycles. The number of halogens is 1. The third-order valence-corrected chi connectivity index (χ3v) is 4.54. The van der Waals surface area contributed by atoms with Crippen molar-refractivity contribution in [3.63, 3.8) is 0 Å². The molecular formula is C15H13BrN2O2S. The van der Waals surface area contributed by atoms with Crippen LogP contribution in [0.2, 0.25) is 0 Å². The third kappa shape index (κ3) is 3.51. The lowest BCUT2D eigenvalue weighted by molar-refractivity contribution is -0.134. The molecule has 0 saturated carbocycles. The highest BCUT2D eigenvalue weighted by atomic mass is 79.9. The molecule has 0 bridgehead atoms. The van der Waals surface area contributed by atoms with Gasteiger partial charge in [-0.1, -0.05) is 6.07 Å². The normalized spacial score (nSPS) is 15.2. The summed E-state index contributed by atoms with van der Waals surface area (Å²) >= 11 is 5.00. The Kier molecular flexibility index (Phi) is 4.36. The van der Waals surface area contributed by atoms with Crippen molar-refractivity contribution in [3.8, 4) is 5.88 Å². The Hall–Kier alpha value is -1.66. The van der Waals surface area contributed by atoms with Gasteiger partial charge in [-0.25, -0.2) is 4.98 Å². The SMILES string of the molecule is O=C(/C=C/c1cccs1)N1CC(Oc2ncccc2Br)C1. The summed E-state index contributed by atoms with van der Waals surface area (Å²) in [5, 5.41) is 1.99. The van der Waals surface area contributed by atoms with Crippen LogP contribution in [0, 0.1) is 0 Å². The zero-order chi connectivity index (χ0) is 14.7. The number of amides is 1. The molecule has 1 fully saturated rings. The number of rotatable bonds is 4. The molecule has 2 aromatic heterocycles. The van der Waals surface area contributed by atoms with E-state index in [2.05, 4.69) is 20.9 Å². The van der Waals surface area contributed by atoms with Gasteiger partial charge < -0.3 is 9.64 Å². The maximum absolute atomic E-state index is 11.9. The van der Waals surface area contributed by atoms with E-state index in [1.165, 1.54) is 0 Å². The first kappa shape index (κ1) is 14.3. The van der Waals surface area contributed by atoms with Gasteiger partial charge in [-0.3, -0.25) is 4.79 Å². The molecule has 4 nitrogen and oxygen atoms in total. The second kappa shape index (κ2) is 6.41. The highest BCUT2D eigenvalue weighted by Gasteiger charge is 2.31. The maximum Gasteiger partial charge on any atom is 0.246 e.